The smallest absolute Gasteiger partial charge is 0.408 e. The summed E-state index contributed by atoms with van der Waals surface area (Å²) in [5.74, 6) is -1.95. The average molecular weight is 605 g/mol. The van der Waals surface area contributed by atoms with Gasteiger partial charge in [-0.1, -0.05) is 74.7 Å². The van der Waals surface area contributed by atoms with Gasteiger partial charge in [-0.2, -0.15) is 0 Å². The first kappa shape index (κ1) is 33.9. The van der Waals surface area contributed by atoms with Crippen molar-refractivity contribution in [2.75, 3.05) is 11.9 Å². The first-order valence-electron chi connectivity index (χ1n) is 15.1. The van der Waals surface area contributed by atoms with Crippen molar-refractivity contribution in [1.82, 2.24) is 10.2 Å². The number of nitrogens with one attached hydrogen (secondary N) is 2. The summed E-state index contributed by atoms with van der Waals surface area (Å²) in [4.78, 5) is 54.3. The van der Waals surface area contributed by atoms with Crippen molar-refractivity contribution in [3.8, 4) is 5.75 Å². The van der Waals surface area contributed by atoms with E-state index < -0.39 is 41.5 Å². The average Bonchev–Trinajstić information content (AvgIpc) is 2.96. The van der Waals surface area contributed by atoms with Crippen molar-refractivity contribution in [1.29, 1.82) is 0 Å². The molecule has 236 valence electrons. The highest BCUT2D eigenvalue weighted by atomic mass is 16.6. The van der Waals surface area contributed by atoms with E-state index in [0.29, 0.717) is 12.1 Å². The van der Waals surface area contributed by atoms with Crippen molar-refractivity contribution in [2.45, 2.75) is 83.9 Å². The van der Waals surface area contributed by atoms with Crippen LogP contribution in [-0.2, 0) is 19.1 Å². The Morgan fingerprint density at radius 1 is 0.932 bits per heavy atom. The van der Waals surface area contributed by atoms with E-state index in [2.05, 4.69) is 17.6 Å². The van der Waals surface area contributed by atoms with Gasteiger partial charge in [0.2, 0.25) is 11.8 Å². The van der Waals surface area contributed by atoms with E-state index in [1.807, 2.05) is 36.4 Å². The molecule has 0 aromatic heterocycles. The van der Waals surface area contributed by atoms with E-state index >= 15 is 0 Å². The van der Waals surface area contributed by atoms with Crippen molar-refractivity contribution >= 4 is 40.3 Å². The lowest BCUT2D eigenvalue weighted by Crippen LogP contribution is -2.52. The van der Waals surface area contributed by atoms with Crippen LogP contribution in [0.1, 0.15) is 77.8 Å². The lowest BCUT2D eigenvalue weighted by Gasteiger charge is -2.35. The summed E-state index contributed by atoms with van der Waals surface area (Å²) < 4.78 is 5.39. The lowest BCUT2D eigenvalue weighted by molar-refractivity contribution is -0.141. The fourth-order valence-corrected chi connectivity index (χ4v) is 4.92. The van der Waals surface area contributed by atoms with Crippen molar-refractivity contribution in [3.05, 3.63) is 72.3 Å². The third kappa shape index (κ3) is 10.00. The van der Waals surface area contributed by atoms with Gasteiger partial charge in [-0.15, -0.1) is 0 Å². The predicted molar refractivity (Wildman–Crippen MR) is 171 cm³/mol. The summed E-state index contributed by atoms with van der Waals surface area (Å²) in [6.45, 7) is 7.30. The number of primary amides is 1. The molecule has 0 saturated carbocycles. The van der Waals surface area contributed by atoms with Crippen molar-refractivity contribution < 1.29 is 29.0 Å². The largest absolute Gasteiger partial charge is 0.508 e. The van der Waals surface area contributed by atoms with Crippen LogP contribution in [0.4, 0.5) is 10.5 Å². The van der Waals surface area contributed by atoms with E-state index in [-0.39, 0.29) is 30.7 Å². The molecule has 2 unspecified atom stereocenters. The maximum Gasteiger partial charge on any atom is 0.408 e. The molecule has 0 heterocycles. The van der Waals surface area contributed by atoms with E-state index in [4.69, 9.17) is 10.5 Å². The molecule has 2 atom stereocenters. The van der Waals surface area contributed by atoms with Crippen LogP contribution >= 0.6 is 0 Å². The zero-order valence-corrected chi connectivity index (χ0v) is 26.0. The number of unbranched alkanes of at least 4 members (excludes halogenated alkanes) is 3. The van der Waals surface area contributed by atoms with Crippen LogP contribution < -0.4 is 16.4 Å². The summed E-state index contributed by atoms with van der Waals surface area (Å²) in [7, 11) is 0. The fraction of sp³-hybridized carbons (Fsp3) is 0.412. The molecule has 0 radical (unpaired) electrons. The molecule has 3 aromatic carbocycles. The maximum absolute atomic E-state index is 14.3. The number of carbonyl (C=O) groups is 4. The molecule has 0 fully saturated rings. The highest BCUT2D eigenvalue weighted by Crippen LogP contribution is 2.32. The number of ether oxygens (including phenoxy) is 1. The first-order chi connectivity index (χ1) is 20.9. The van der Waals surface area contributed by atoms with Crippen LogP contribution in [0.5, 0.6) is 5.75 Å². The Balaban J connectivity index is 2.04. The van der Waals surface area contributed by atoms with Crippen molar-refractivity contribution in [3.63, 3.8) is 0 Å². The van der Waals surface area contributed by atoms with Gasteiger partial charge in [0, 0.05) is 24.2 Å². The van der Waals surface area contributed by atoms with Crippen LogP contribution in [0.25, 0.3) is 10.8 Å². The minimum absolute atomic E-state index is 0.0986. The number of nitrogens with two attached hydrogens (primary N) is 1. The summed E-state index contributed by atoms with van der Waals surface area (Å²) in [6, 6.07) is 17.1. The molecule has 3 rings (SSSR count). The molecule has 10 heteroatoms. The van der Waals surface area contributed by atoms with E-state index in [0.717, 1.165) is 30.0 Å². The molecule has 44 heavy (non-hydrogen) atoms. The third-order valence-corrected chi connectivity index (χ3v) is 7.01. The Hall–Kier alpha value is -4.60. The summed E-state index contributed by atoms with van der Waals surface area (Å²) in [5, 5.41) is 18.3. The Morgan fingerprint density at radius 2 is 1.61 bits per heavy atom. The second-order valence-corrected chi connectivity index (χ2v) is 11.8. The molecule has 10 nitrogen and oxygen atoms in total. The normalized spacial score (nSPS) is 12.6. The molecule has 0 aliphatic carbocycles. The quantitative estimate of drug-likeness (QED) is 0.171. The standard InChI is InChI=1S/C34H44N4O6/c1-5-6-7-12-21-38(32(42)27(19-20-29(35)40)37-33(43)44-34(2,3)4)30(26-15-10-11-16-28(26)39)31(41)36-25-18-17-23-13-8-9-14-24(23)22-25/h8-11,13-18,22,27,30,39H,5-7,12,19-21H2,1-4H3,(H2,35,40)(H,36,41)(H,37,43). The van der Waals surface area contributed by atoms with Crippen LogP contribution in [0.2, 0.25) is 0 Å². The molecule has 5 N–H and O–H groups in total. The predicted octanol–water partition coefficient (Wildman–Crippen LogP) is 5.79. The molecule has 0 bridgehead atoms. The van der Waals surface area contributed by atoms with Gasteiger partial charge in [-0.3, -0.25) is 14.4 Å². The number of aromatic hydroxyl groups is 1. The van der Waals surface area contributed by atoms with Gasteiger partial charge >= 0.3 is 6.09 Å². The number of anilines is 1. The highest BCUT2D eigenvalue weighted by Gasteiger charge is 2.37. The Kier molecular flexibility index (Phi) is 12.1. The van der Waals surface area contributed by atoms with Crippen LogP contribution in [0.15, 0.2) is 66.7 Å². The SMILES string of the molecule is CCCCCCN(C(=O)C(CCC(N)=O)NC(=O)OC(C)(C)C)C(C(=O)Nc1ccc2ccccc2c1)c1ccccc1O. The summed E-state index contributed by atoms with van der Waals surface area (Å²) >= 11 is 0. The topological polar surface area (TPSA) is 151 Å². The zero-order chi connectivity index (χ0) is 32.3. The second kappa shape index (κ2) is 15.7. The van der Waals surface area contributed by atoms with E-state index in [1.54, 1.807) is 45.0 Å². The van der Waals surface area contributed by atoms with Gasteiger partial charge in [0.1, 0.15) is 23.4 Å². The van der Waals surface area contributed by atoms with Gasteiger partial charge in [0.25, 0.3) is 5.91 Å². The molecule has 0 aliphatic rings. The number of nitrogens with zero attached hydrogens (tertiary/aromatic N) is 1. The first-order valence-corrected chi connectivity index (χ1v) is 15.1. The molecule has 0 aliphatic heterocycles. The second-order valence-electron chi connectivity index (χ2n) is 11.8. The number of amides is 4. The molecular formula is C34H44N4O6. The van der Waals surface area contributed by atoms with Gasteiger partial charge < -0.3 is 31.1 Å². The number of hydrogen-bond donors (Lipinski definition) is 4. The van der Waals surface area contributed by atoms with Crippen LogP contribution in [-0.4, -0.2) is 52.0 Å². The van der Waals surface area contributed by atoms with Gasteiger partial charge in [0.15, 0.2) is 0 Å². The van der Waals surface area contributed by atoms with E-state index in [9.17, 15) is 24.3 Å². The van der Waals surface area contributed by atoms with Crippen LogP contribution in [0.3, 0.4) is 0 Å². The van der Waals surface area contributed by atoms with Crippen molar-refractivity contribution in [2.24, 2.45) is 5.73 Å². The number of benzene rings is 3. The Bertz CT molecular complexity index is 1450. The third-order valence-electron chi connectivity index (χ3n) is 7.01. The molecule has 3 aromatic rings. The Labute approximate surface area is 258 Å². The fourth-order valence-electron chi connectivity index (χ4n) is 4.92. The number of para-hydroxylation sites is 1. The molecular weight excluding hydrogens is 560 g/mol. The summed E-state index contributed by atoms with van der Waals surface area (Å²) in [6.07, 6.45) is 2.13. The van der Waals surface area contributed by atoms with Gasteiger partial charge in [-0.25, -0.2) is 4.79 Å². The minimum Gasteiger partial charge on any atom is -0.508 e. The van der Waals surface area contributed by atoms with E-state index in [1.165, 1.54) is 11.0 Å². The minimum atomic E-state index is -1.26. The number of phenols is 1. The Morgan fingerprint density at radius 3 is 2.27 bits per heavy atom. The number of carbonyl (C=O) groups excluding carboxylic acids is 4. The number of phenolic OH excluding ortho intramolecular Hbond substituents is 1. The monoisotopic (exact) mass is 604 g/mol. The molecule has 4 amide bonds. The lowest BCUT2D eigenvalue weighted by atomic mass is 9.99. The highest BCUT2D eigenvalue weighted by molar-refractivity contribution is 6.00. The summed E-state index contributed by atoms with van der Waals surface area (Å²) in [5.41, 5.74) is 5.31. The number of alkyl carbamates (subject to hydrolysis) is 1. The zero-order valence-electron chi connectivity index (χ0n) is 26.0. The number of rotatable bonds is 14. The van der Waals surface area contributed by atoms with Gasteiger partial charge in [-0.05, 0) is 62.6 Å². The van der Waals surface area contributed by atoms with Gasteiger partial charge in [0.05, 0.1) is 0 Å². The van der Waals surface area contributed by atoms with Crippen LogP contribution in [0, 0.1) is 0 Å². The number of fused-ring (bicyclic) bond motifs is 1. The maximum atomic E-state index is 14.3. The number of hydrogen-bond acceptors (Lipinski definition) is 6. The molecule has 0 saturated heterocycles. The molecule has 0 spiro atoms.